The summed E-state index contributed by atoms with van der Waals surface area (Å²) >= 11 is 0. The highest BCUT2D eigenvalue weighted by Crippen LogP contribution is 2.40. The van der Waals surface area contributed by atoms with Crippen LogP contribution in [0.3, 0.4) is 0 Å². The van der Waals surface area contributed by atoms with E-state index >= 15 is 0 Å². The lowest BCUT2D eigenvalue weighted by Gasteiger charge is -2.12. The van der Waals surface area contributed by atoms with Crippen LogP contribution in [-0.4, -0.2) is 17.1 Å². The predicted octanol–water partition coefficient (Wildman–Crippen LogP) is 2.80. The lowest BCUT2D eigenvalue weighted by atomic mass is 9.97. The number of methoxy groups -OCH3 is 1. The summed E-state index contributed by atoms with van der Waals surface area (Å²) in [6.45, 7) is 2.10. The lowest BCUT2D eigenvalue weighted by molar-refractivity contribution is 0.411. The van der Waals surface area contributed by atoms with Crippen LogP contribution in [-0.2, 0) is 6.42 Å². The van der Waals surface area contributed by atoms with Gasteiger partial charge < -0.3 is 9.72 Å². The topological polar surface area (TPSA) is 37.9 Å². The number of nitrogens with one attached hydrogen (secondary N) is 1. The number of benzene rings is 1. The third-order valence-corrected chi connectivity index (χ3v) is 3.63. The van der Waals surface area contributed by atoms with Gasteiger partial charge in [-0.15, -0.1) is 0 Å². The van der Waals surface area contributed by atoms with Gasteiger partial charge in [-0.3, -0.25) is 0 Å². The third kappa shape index (κ3) is 1.62. The summed E-state index contributed by atoms with van der Waals surface area (Å²) in [6, 6.07) is 4.44. The van der Waals surface area contributed by atoms with Crippen molar-refractivity contribution >= 4 is 0 Å². The van der Waals surface area contributed by atoms with E-state index in [2.05, 4.69) is 29.0 Å². The van der Waals surface area contributed by atoms with Gasteiger partial charge in [0.25, 0.3) is 0 Å². The molecule has 0 bridgehead atoms. The normalized spacial score (nSPS) is 18.1. The van der Waals surface area contributed by atoms with Crippen molar-refractivity contribution < 1.29 is 4.74 Å². The molecule has 1 N–H and O–H groups in total. The quantitative estimate of drug-likeness (QED) is 0.858. The van der Waals surface area contributed by atoms with Gasteiger partial charge in [0.05, 0.1) is 13.4 Å². The Bertz CT molecular complexity index is 531. The van der Waals surface area contributed by atoms with Gasteiger partial charge in [0.1, 0.15) is 5.75 Å². The fourth-order valence-electron chi connectivity index (χ4n) is 2.76. The number of aromatic amines is 1. The van der Waals surface area contributed by atoms with Crippen LogP contribution < -0.4 is 4.74 Å². The monoisotopic (exact) mass is 228 g/mol. The van der Waals surface area contributed by atoms with Gasteiger partial charge in [-0.05, 0) is 42.5 Å². The molecule has 1 aromatic carbocycles. The van der Waals surface area contributed by atoms with Crippen LogP contribution in [0.15, 0.2) is 24.7 Å². The molecule has 3 rings (SSSR count). The zero-order valence-electron chi connectivity index (χ0n) is 10.2. The van der Waals surface area contributed by atoms with Crippen LogP contribution in [0, 0.1) is 6.92 Å². The van der Waals surface area contributed by atoms with Crippen molar-refractivity contribution in [2.45, 2.75) is 25.7 Å². The van der Waals surface area contributed by atoms with Gasteiger partial charge in [-0.1, -0.05) is 6.07 Å². The molecule has 0 amide bonds. The number of fused-ring (bicyclic) bond motifs is 1. The van der Waals surface area contributed by atoms with Gasteiger partial charge >= 0.3 is 0 Å². The summed E-state index contributed by atoms with van der Waals surface area (Å²) in [5.41, 5.74) is 5.26. The van der Waals surface area contributed by atoms with Crippen molar-refractivity contribution in [3.8, 4) is 5.75 Å². The highest BCUT2D eigenvalue weighted by atomic mass is 16.5. The molecule has 0 aliphatic heterocycles. The first kappa shape index (κ1) is 10.4. The molecular weight excluding hydrogens is 212 g/mol. The number of imidazole rings is 1. The standard InChI is InChI=1S/C14H16N2O/c1-9-5-10-3-4-11(13-7-15-8-16-13)12(10)6-14(9)17-2/h5-8,11H,3-4H2,1-2H3,(H,15,16). The number of H-pyrrole nitrogens is 1. The fourth-order valence-corrected chi connectivity index (χ4v) is 2.76. The molecule has 1 aliphatic rings. The van der Waals surface area contributed by atoms with Crippen molar-refractivity contribution in [3.05, 3.63) is 47.0 Å². The molecule has 0 radical (unpaired) electrons. The second-order valence-electron chi connectivity index (χ2n) is 4.62. The van der Waals surface area contributed by atoms with Gasteiger partial charge in [0.15, 0.2) is 0 Å². The van der Waals surface area contributed by atoms with E-state index in [1.807, 2.05) is 6.20 Å². The maximum absolute atomic E-state index is 5.41. The minimum atomic E-state index is 0.446. The van der Waals surface area contributed by atoms with Gasteiger partial charge in [0, 0.05) is 17.8 Å². The molecule has 1 atom stereocenters. The smallest absolute Gasteiger partial charge is 0.122 e. The maximum atomic E-state index is 5.41. The number of aromatic nitrogens is 2. The Hall–Kier alpha value is -1.77. The number of rotatable bonds is 2. The molecule has 0 fully saturated rings. The summed E-state index contributed by atoms with van der Waals surface area (Å²) in [5.74, 6) is 1.43. The molecule has 17 heavy (non-hydrogen) atoms. The molecule has 88 valence electrons. The maximum Gasteiger partial charge on any atom is 0.122 e. The van der Waals surface area contributed by atoms with Crippen LogP contribution >= 0.6 is 0 Å². The number of hydrogen-bond acceptors (Lipinski definition) is 2. The summed E-state index contributed by atoms with van der Waals surface area (Å²) in [4.78, 5) is 7.33. The van der Waals surface area contributed by atoms with E-state index in [1.54, 1.807) is 13.4 Å². The third-order valence-electron chi connectivity index (χ3n) is 3.63. The molecule has 3 heteroatoms. The Balaban J connectivity index is 2.07. The van der Waals surface area contributed by atoms with Gasteiger partial charge in [-0.25, -0.2) is 4.98 Å². The number of hydrogen-bond donors (Lipinski definition) is 1. The number of aryl methyl sites for hydroxylation is 2. The van der Waals surface area contributed by atoms with Crippen LogP contribution in [0.25, 0.3) is 0 Å². The molecule has 0 saturated carbocycles. The molecule has 1 unspecified atom stereocenters. The van der Waals surface area contributed by atoms with Crippen molar-refractivity contribution in [1.82, 2.24) is 9.97 Å². The summed E-state index contributed by atoms with van der Waals surface area (Å²) in [5, 5.41) is 0. The molecule has 0 saturated heterocycles. The van der Waals surface area contributed by atoms with Crippen LogP contribution in [0.2, 0.25) is 0 Å². The van der Waals surface area contributed by atoms with Gasteiger partial charge in [-0.2, -0.15) is 0 Å². The van der Waals surface area contributed by atoms with Crippen molar-refractivity contribution in [2.24, 2.45) is 0 Å². The molecule has 1 aromatic heterocycles. The molecule has 0 spiro atoms. The van der Waals surface area contributed by atoms with E-state index in [-0.39, 0.29) is 0 Å². The molecule has 1 aliphatic carbocycles. The average Bonchev–Trinajstić information content (AvgIpc) is 2.95. The van der Waals surface area contributed by atoms with E-state index in [0.29, 0.717) is 5.92 Å². The minimum Gasteiger partial charge on any atom is -0.496 e. The highest BCUT2D eigenvalue weighted by molar-refractivity contribution is 5.48. The predicted molar refractivity (Wildman–Crippen MR) is 66.5 cm³/mol. The second-order valence-corrected chi connectivity index (χ2v) is 4.62. The Labute approximate surface area is 101 Å². The first-order chi connectivity index (χ1) is 8.29. The van der Waals surface area contributed by atoms with Crippen LogP contribution in [0.4, 0.5) is 0 Å². The number of ether oxygens (including phenoxy) is 1. The average molecular weight is 228 g/mol. The molecular formula is C14H16N2O. The van der Waals surface area contributed by atoms with E-state index in [9.17, 15) is 0 Å². The highest BCUT2D eigenvalue weighted by Gasteiger charge is 2.26. The Kier molecular flexibility index (Phi) is 2.39. The van der Waals surface area contributed by atoms with Gasteiger partial charge in [0.2, 0.25) is 0 Å². The lowest BCUT2D eigenvalue weighted by Crippen LogP contribution is -1.98. The zero-order chi connectivity index (χ0) is 11.8. The summed E-state index contributed by atoms with van der Waals surface area (Å²) in [6.07, 6.45) is 5.97. The fraction of sp³-hybridized carbons (Fsp3) is 0.357. The molecule has 2 aromatic rings. The van der Waals surface area contributed by atoms with Crippen molar-refractivity contribution in [1.29, 1.82) is 0 Å². The summed E-state index contributed by atoms with van der Waals surface area (Å²) in [7, 11) is 1.73. The van der Waals surface area contributed by atoms with E-state index in [1.165, 1.54) is 22.4 Å². The Morgan fingerprint density at radius 1 is 1.41 bits per heavy atom. The van der Waals surface area contributed by atoms with E-state index in [4.69, 9.17) is 4.74 Å². The zero-order valence-corrected chi connectivity index (χ0v) is 10.2. The second kappa shape index (κ2) is 3.91. The largest absolute Gasteiger partial charge is 0.496 e. The number of nitrogens with zero attached hydrogens (tertiary/aromatic N) is 1. The minimum absolute atomic E-state index is 0.446. The molecule has 3 nitrogen and oxygen atoms in total. The first-order valence-corrected chi connectivity index (χ1v) is 5.95. The Morgan fingerprint density at radius 2 is 2.29 bits per heavy atom. The van der Waals surface area contributed by atoms with Crippen LogP contribution in [0.5, 0.6) is 5.75 Å². The van der Waals surface area contributed by atoms with Crippen molar-refractivity contribution in [2.75, 3.05) is 7.11 Å². The molecule has 1 heterocycles. The van der Waals surface area contributed by atoms with Crippen LogP contribution in [0.1, 0.15) is 34.7 Å². The van der Waals surface area contributed by atoms with E-state index in [0.717, 1.165) is 18.6 Å². The first-order valence-electron chi connectivity index (χ1n) is 5.95. The summed E-state index contributed by atoms with van der Waals surface area (Å²) < 4.78 is 5.41. The van der Waals surface area contributed by atoms with E-state index < -0.39 is 0 Å². The Morgan fingerprint density at radius 3 is 3.00 bits per heavy atom. The van der Waals surface area contributed by atoms with Crippen molar-refractivity contribution in [3.63, 3.8) is 0 Å². The SMILES string of the molecule is COc1cc2c(cc1C)CCC2c1cnc[nH]1.